The van der Waals surface area contributed by atoms with Crippen molar-refractivity contribution >= 4 is 16.0 Å². The van der Waals surface area contributed by atoms with Gasteiger partial charge in [-0.1, -0.05) is 13.8 Å². The highest BCUT2D eigenvalue weighted by molar-refractivity contribution is 7.89. The van der Waals surface area contributed by atoms with Gasteiger partial charge in [0.2, 0.25) is 16.0 Å². The molecule has 0 bridgehead atoms. The van der Waals surface area contributed by atoms with Gasteiger partial charge in [0.1, 0.15) is 0 Å². The average molecular weight is 353 g/mol. The first-order chi connectivity index (χ1) is 11.5. The number of anilines is 1. The van der Waals surface area contributed by atoms with E-state index in [0.717, 1.165) is 43.0 Å². The van der Waals surface area contributed by atoms with E-state index >= 15 is 0 Å². The van der Waals surface area contributed by atoms with Crippen LogP contribution in [0.5, 0.6) is 0 Å². The molecule has 2 saturated heterocycles. The molecule has 3 heterocycles. The Hall–Kier alpha value is -1.21. The van der Waals surface area contributed by atoms with E-state index in [-0.39, 0.29) is 5.25 Å². The molecule has 134 valence electrons. The third-order valence-electron chi connectivity index (χ3n) is 5.12. The van der Waals surface area contributed by atoms with Crippen LogP contribution < -0.4 is 4.90 Å². The van der Waals surface area contributed by atoms with Gasteiger partial charge in [0.25, 0.3) is 0 Å². The van der Waals surface area contributed by atoms with E-state index in [0.29, 0.717) is 39.0 Å². The maximum atomic E-state index is 12.7. The Balaban J connectivity index is 1.69. The number of nitrogens with zero attached hydrogens (tertiary/aromatic N) is 4. The molecule has 0 saturated carbocycles. The van der Waals surface area contributed by atoms with Crippen LogP contribution >= 0.6 is 0 Å². The van der Waals surface area contributed by atoms with Gasteiger partial charge in [-0.25, -0.2) is 22.7 Å². The van der Waals surface area contributed by atoms with Gasteiger partial charge in [-0.2, -0.15) is 0 Å². The van der Waals surface area contributed by atoms with Gasteiger partial charge >= 0.3 is 0 Å². The molecule has 2 fully saturated rings. The molecule has 0 radical (unpaired) electrons. The molecule has 2 aliphatic heterocycles. The molecule has 0 atom stereocenters. The van der Waals surface area contributed by atoms with Crippen molar-refractivity contribution in [2.24, 2.45) is 0 Å². The lowest BCUT2D eigenvalue weighted by Crippen LogP contribution is -2.45. The van der Waals surface area contributed by atoms with Crippen LogP contribution in [0.15, 0.2) is 6.07 Å². The van der Waals surface area contributed by atoms with Gasteiger partial charge in [-0.3, -0.25) is 0 Å². The summed E-state index contributed by atoms with van der Waals surface area (Å²) in [5.41, 5.74) is 2.12. The predicted octanol–water partition coefficient (Wildman–Crippen LogP) is 2.00. The van der Waals surface area contributed by atoms with Crippen LogP contribution in [0.25, 0.3) is 0 Å². The lowest BCUT2D eigenvalue weighted by molar-refractivity contribution is 0.445. The van der Waals surface area contributed by atoms with Crippen LogP contribution in [0.2, 0.25) is 0 Å². The summed E-state index contributed by atoms with van der Waals surface area (Å²) in [4.78, 5) is 11.4. The summed E-state index contributed by atoms with van der Waals surface area (Å²) in [6.45, 7) is 7.02. The number of aromatic nitrogens is 2. The topological polar surface area (TPSA) is 66.4 Å². The van der Waals surface area contributed by atoms with Crippen molar-refractivity contribution in [2.45, 2.75) is 57.6 Å². The number of rotatable bonds is 5. The number of aryl methyl sites for hydroxylation is 2. The second-order valence-corrected chi connectivity index (χ2v) is 8.91. The zero-order chi connectivity index (χ0) is 17.2. The Morgan fingerprint density at radius 3 is 2.04 bits per heavy atom. The van der Waals surface area contributed by atoms with Crippen LogP contribution in [-0.2, 0) is 22.9 Å². The molecule has 7 heteroatoms. The normalized spacial score (nSPS) is 20.7. The minimum Gasteiger partial charge on any atom is -0.341 e. The number of sulfonamides is 1. The molecule has 0 aliphatic carbocycles. The lowest BCUT2D eigenvalue weighted by Gasteiger charge is -2.33. The van der Waals surface area contributed by atoms with E-state index in [1.807, 2.05) is 0 Å². The zero-order valence-electron chi connectivity index (χ0n) is 14.7. The molecule has 24 heavy (non-hydrogen) atoms. The molecule has 0 N–H and O–H groups in total. The summed E-state index contributed by atoms with van der Waals surface area (Å²) in [5.74, 6) is 0.767. The Bertz CT molecular complexity index is 641. The molecule has 3 rings (SSSR count). The zero-order valence-corrected chi connectivity index (χ0v) is 15.6. The fourth-order valence-corrected chi connectivity index (χ4v) is 5.54. The van der Waals surface area contributed by atoms with Crippen LogP contribution in [0.1, 0.15) is 50.9 Å². The van der Waals surface area contributed by atoms with Crippen molar-refractivity contribution in [1.82, 2.24) is 14.3 Å². The van der Waals surface area contributed by atoms with E-state index in [2.05, 4.69) is 34.8 Å². The number of hydrogen-bond acceptors (Lipinski definition) is 5. The Morgan fingerprint density at radius 1 is 1.00 bits per heavy atom. The lowest BCUT2D eigenvalue weighted by atomic mass is 10.1. The molecule has 2 aliphatic rings. The second-order valence-electron chi connectivity index (χ2n) is 6.70. The molecule has 1 aromatic rings. The molecule has 6 nitrogen and oxygen atoms in total. The van der Waals surface area contributed by atoms with E-state index in [9.17, 15) is 8.42 Å². The fourth-order valence-electron chi connectivity index (χ4n) is 3.55. The molecular formula is C17H28N4O2S. The third kappa shape index (κ3) is 3.57. The van der Waals surface area contributed by atoms with Gasteiger partial charge in [-0.05, 0) is 44.6 Å². The molecule has 0 amide bonds. The first-order valence-corrected chi connectivity index (χ1v) is 10.7. The molecule has 0 unspecified atom stereocenters. The van der Waals surface area contributed by atoms with Crippen LogP contribution in [-0.4, -0.2) is 54.1 Å². The van der Waals surface area contributed by atoms with Crippen molar-refractivity contribution in [3.05, 3.63) is 17.5 Å². The minimum absolute atomic E-state index is 0.244. The SMILES string of the molecule is CCc1cc(CC)nc(N2CCC(S(=O)(=O)N3CCCC3)CC2)n1. The van der Waals surface area contributed by atoms with Crippen molar-refractivity contribution in [2.75, 3.05) is 31.1 Å². The van der Waals surface area contributed by atoms with Crippen LogP contribution in [0.4, 0.5) is 5.95 Å². The smallest absolute Gasteiger partial charge is 0.225 e. The van der Waals surface area contributed by atoms with Crippen LogP contribution in [0, 0.1) is 0 Å². The van der Waals surface area contributed by atoms with Gasteiger partial charge in [-0.15, -0.1) is 0 Å². The largest absolute Gasteiger partial charge is 0.341 e. The van der Waals surface area contributed by atoms with Crippen LogP contribution in [0.3, 0.4) is 0 Å². The highest BCUT2D eigenvalue weighted by atomic mass is 32.2. The highest BCUT2D eigenvalue weighted by Gasteiger charge is 2.36. The van der Waals surface area contributed by atoms with E-state index in [1.54, 1.807) is 4.31 Å². The summed E-state index contributed by atoms with van der Waals surface area (Å²) in [7, 11) is -3.13. The molecule has 0 aromatic carbocycles. The Kier molecular flexibility index (Phi) is 5.39. The maximum Gasteiger partial charge on any atom is 0.225 e. The summed E-state index contributed by atoms with van der Waals surface area (Å²) in [6, 6.07) is 2.06. The summed E-state index contributed by atoms with van der Waals surface area (Å²) in [5, 5.41) is -0.244. The van der Waals surface area contributed by atoms with E-state index < -0.39 is 10.0 Å². The number of hydrogen-bond donors (Lipinski definition) is 0. The first kappa shape index (κ1) is 17.6. The third-order valence-corrected chi connectivity index (χ3v) is 7.51. The molecule has 1 aromatic heterocycles. The quantitative estimate of drug-likeness (QED) is 0.811. The Morgan fingerprint density at radius 2 is 1.54 bits per heavy atom. The Labute approximate surface area is 145 Å². The fraction of sp³-hybridized carbons (Fsp3) is 0.765. The highest BCUT2D eigenvalue weighted by Crippen LogP contribution is 2.26. The summed E-state index contributed by atoms with van der Waals surface area (Å²) < 4.78 is 27.1. The van der Waals surface area contributed by atoms with E-state index in [1.165, 1.54) is 0 Å². The summed E-state index contributed by atoms with van der Waals surface area (Å²) in [6.07, 6.45) is 5.11. The van der Waals surface area contributed by atoms with Crippen molar-refractivity contribution < 1.29 is 8.42 Å². The minimum atomic E-state index is -3.13. The first-order valence-electron chi connectivity index (χ1n) is 9.15. The maximum absolute atomic E-state index is 12.7. The molecular weight excluding hydrogens is 324 g/mol. The number of piperidine rings is 1. The summed E-state index contributed by atoms with van der Waals surface area (Å²) >= 11 is 0. The van der Waals surface area contributed by atoms with Gasteiger partial charge in [0, 0.05) is 37.6 Å². The average Bonchev–Trinajstić information content (AvgIpc) is 3.17. The van der Waals surface area contributed by atoms with Crippen molar-refractivity contribution in [1.29, 1.82) is 0 Å². The van der Waals surface area contributed by atoms with E-state index in [4.69, 9.17) is 0 Å². The van der Waals surface area contributed by atoms with Crippen molar-refractivity contribution in [3.63, 3.8) is 0 Å². The predicted molar refractivity (Wildman–Crippen MR) is 95.7 cm³/mol. The molecule has 0 spiro atoms. The standard InChI is InChI=1S/C17H28N4O2S/c1-3-14-13-15(4-2)19-17(18-14)20-11-7-16(8-12-20)24(22,23)21-9-5-6-10-21/h13,16H,3-12H2,1-2H3. The monoisotopic (exact) mass is 352 g/mol. The van der Waals surface area contributed by atoms with Gasteiger partial charge in [0.05, 0.1) is 5.25 Å². The van der Waals surface area contributed by atoms with Gasteiger partial charge < -0.3 is 4.90 Å². The van der Waals surface area contributed by atoms with Gasteiger partial charge in [0.15, 0.2) is 0 Å². The van der Waals surface area contributed by atoms with Crippen molar-refractivity contribution in [3.8, 4) is 0 Å². The second kappa shape index (κ2) is 7.35.